The Bertz CT molecular complexity index is 394. The number of rotatable bonds is 2. The van der Waals surface area contributed by atoms with Gasteiger partial charge in [-0.3, -0.25) is 0 Å². The van der Waals surface area contributed by atoms with Gasteiger partial charge >= 0.3 is 0 Å². The van der Waals surface area contributed by atoms with E-state index in [9.17, 15) is 5.11 Å². The lowest BCUT2D eigenvalue weighted by Crippen LogP contribution is -1.99. The Labute approximate surface area is 85.8 Å². The van der Waals surface area contributed by atoms with Gasteiger partial charge in [-0.2, -0.15) is 15.0 Å². The van der Waals surface area contributed by atoms with Gasteiger partial charge in [0.2, 0.25) is 0 Å². The molecule has 1 atom stereocenters. The van der Waals surface area contributed by atoms with Crippen molar-refractivity contribution in [2.45, 2.75) is 13.0 Å². The number of thiophene rings is 1. The molecule has 0 saturated heterocycles. The number of aliphatic hydroxyl groups is 1. The van der Waals surface area contributed by atoms with Gasteiger partial charge in [-0.25, -0.2) is 0 Å². The van der Waals surface area contributed by atoms with Crippen LogP contribution in [0.4, 0.5) is 0 Å². The first-order chi connectivity index (χ1) is 6.66. The van der Waals surface area contributed by atoms with Crippen molar-refractivity contribution in [1.82, 2.24) is 15.0 Å². The summed E-state index contributed by atoms with van der Waals surface area (Å²) in [5, 5.41) is 17.9. The SMILES string of the molecule is Cc1ccc(C(O)c2cnn(C)n2)s1. The van der Waals surface area contributed by atoms with Gasteiger partial charge in [0, 0.05) is 16.8 Å². The molecule has 1 N–H and O–H groups in total. The van der Waals surface area contributed by atoms with Crippen molar-refractivity contribution in [3.63, 3.8) is 0 Å². The Hall–Kier alpha value is -1.20. The van der Waals surface area contributed by atoms with Crippen LogP contribution in [0, 0.1) is 6.92 Å². The van der Waals surface area contributed by atoms with E-state index in [0.29, 0.717) is 5.69 Å². The minimum atomic E-state index is -0.651. The first-order valence-corrected chi connectivity index (χ1v) is 5.09. The van der Waals surface area contributed by atoms with E-state index in [1.807, 2.05) is 19.1 Å². The van der Waals surface area contributed by atoms with E-state index in [2.05, 4.69) is 10.2 Å². The summed E-state index contributed by atoms with van der Waals surface area (Å²) >= 11 is 1.57. The van der Waals surface area contributed by atoms with Crippen LogP contribution in [0.15, 0.2) is 18.3 Å². The Morgan fingerprint density at radius 1 is 1.50 bits per heavy atom. The highest BCUT2D eigenvalue weighted by Crippen LogP contribution is 2.26. The van der Waals surface area contributed by atoms with Crippen LogP contribution < -0.4 is 0 Å². The van der Waals surface area contributed by atoms with Crippen molar-refractivity contribution in [1.29, 1.82) is 0 Å². The van der Waals surface area contributed by atoms with Gasteiger partial charge in [-0.1, -0.05) is 0 Å². The molecule has 74 valence electrons. The van der Waals surface area contributed by atoms with Crippen LogP contribution in [-0.2, 0) is 7.05 Å². The molecule has 4 nitrogen and oxygen atoms in total. The normalized spacial score (nSPS) is 13.1. The highest BCUT2D eigenvalue weighted by Gasteiger charge is 2.15. The molecule has 1 unspecified atom stereocenters. The molecule has 0 fully saturated rings. The number of aryl methyl sites for hydroxylation is 2. The molecule has 0 spiro atoms. The quantitative estimate of drug-likeness (QED) is 0.810. The highest BCUT2D eigenvalue weighted by atomic mass is 32.1. The number of aliphatic hydroxyl groups excluding tert-OH is 1. The molecule has 0 bridgehead atoms. The van der Waals surface area contributed by atoms with Gasteiger partial charge < -0.3 is 5.11 Å². The summed E-state index contributed by atoms with van der Waals surface area (Å²) in [7, 11) is 1.73. The molecule has 2 heterocycles. The Morgan fingerprint density at radius 2 is 2.29 bits per heavy atom. The zero-order valence-electron chi connectivity index (χ0n) is 8.01. The zero-order valence-corrected chi connectivity index (χ0v) is 8.82. The van der Waals surface area contributed by atoms with E-state index in [1.54, 1.807) is 24.6 Å². The summed E-state index contributed by atoms with van der Waals surface area (Å²) in [5.74, 6) is 0. The van der Waals surface area contributed by atoms with Crippen molar-refractivity contribution in [3.8, 4) is 0 Å². The molecule has 0 amide bonds. The summed E-state index contributed by atoms with van der Waals surface area (Å²) in [5.41, 5.74) is 0.592. The van der Waals surface area contributed by atoms with Gasteiger partial charge in [0.25, 0.3) is 0 Å². The third-order valence-electron chi connectivity index (χ3n) is 1.93. The minimum absolute atomic E-state index is 0.592. The van der Waals surface area contributed by atoms with Crippen LogP contribution >= 0.6 is 11.3 Å². The van der Waals surface area contributed by atoms with Crippen molar-refractivity contribution in [3.05, 3.63) is 33.8 Å². The van der Waals surface area contributed by atoms with E-state index < -0.39 is 6.10 Å². The molecule has 0 radical (unpaired) electrons. The first kappa shape index (κ1) is 9.36. The summed E-state index contributed by atoms with van der Waals surface area (Å²) in [4.78, 5) is 3.53. The highest BCUT2D eigenvalue weighted by molar-refractivity contribution is 7.12. The monoisotopic (exact) mass is 209 g/mol. The second-order valence-electron chi connectivity index (χ2n) is 3.11. The van der Waals surface area contributed by atoms with Gasteiger partial charge in [0.1, 0.15) is 11.8 Å². The summed E-state index contributed by atoms with van der Waals surface area (Å²) in [6.45, 7) is 2.01. The zero-order chi connectivity index (χ0) is 10.1. The fourth-order valence-electron chi connectivity index (χ4n) is 1.23. The third kappa shape index (κ3) is 1.69. The minimum Gasteiger partial charge on any atom is -0.381 e. The molecule has 2 rings (SSSR count). The molecule has 0 saturated carbocycles. The molecule has 5 heteroatoms. The van der Waals surface area contributed by atoms with E-state index in [4.69, 9.17) is 0 Å². The van der Waals surface area contributed by atoms with Crippen LogP contribution in [0.25, 0.3) is 0 Å². The maximum Gasteiger partial charge on any atom is 0.134 e. The topological polar surface area (TPSA) is 50.9 Å². The number of hydrogen-bond donors (Lipinski definition) is 1. The Kier molecular flexibility index (Phi) is 2.35. The van der Waals surface area contributed by atoms with Crippen molar-refractivity contribution >= 4 is 11.3 Å². The molecule has 0 aliphatic rings. The van der Waals surface area contributed by atoms with Crippen LogP contribution in [0.1, 0.15) is 21.6 Å². The Balaban J connectivity index is 2.28. The molecular weight excluding hydrogens is 198 g/mol. The van der Waals surface area contributed by atoms with Crippen molar-refractivity contribution in [2.24, 2.45) is 7.05 Å². The third-order valence-corrected chi connectivity index (χ3v) is 2.98. The maximum absolute atomic E-state index is 9.91. The average Bonchev–Trinajstić information content (AvgIpc) is 2.73. The standard InChI is InChI=1S/C9H11N3OS/c1-6-3-4-8(14-6)9(13)7-5-10-12(2)11-7/h3-5,9,13H,1-2H3. The predicted octanol–water partition coefficient (Wildman–Crippen LogP) is 1.27. The molecular formula is C9H11N3OS. The number of aromatic nitrogens is 3. The molecule has 2 aromatic rings. The lowest BCUT2D eigenvalue weighted by Gasteiger charge is -2.02. The van der Waals surface area contributed by atoms with Gasteiger partial charge in [-0.15, -0.1) is 11.3 Å². The Morgan fingerprint density at radius 3 is 2.79 bits per heavy atom. The first-order valence-electron chi connectivity index (χ1n) is 4.27. The fraction of sp³-hybridized carbons (Fsp3) is 0.333. The van der Waals surface area contributed by atoms with Crippen LogP contribution in [-0.4, -0.2) is 20.1 Å². The van der Waals surface area contributed by atoms with Crippen LogP contribution in [0.3, 0.4) is 0 Å². The second-order valence-corrected chi connectivity index (χ2v) is 4.43. The summed E-state index contributed by atoms with van der Waals surface area (Å²) in [6.07, 6.45) is 0.932. The molecule has 0 aliphatic heterocycles. The van der Waals surface area contributed by atoms with E-state index in [-0.39, 0.29) is 0 Å². The lowest BCUT2D eigenvalue weighted by atomic mass is 10.2. The van der Waals surface area contributed by atoms with Crippen molar-refractivity contribution in [2.75, 3.05) is 0 Å². The fourth-order valence-corrected chi connectivity index (χ4v) is 2.11. The number of hydrogen-bond acceptors (Lipinski definition) is 4. The molecule has 0 aliphatic carbocycles. The van der Waals surface area contributed by atoms with Crippen molar-refractivity contribution < 1.29 is 5.11 Å². The van der Waals surface area contributed by atoms with Gasteiger partial charge in [0.05, 0.1) is 6.20 Å². The van der Waals surface area contributed by atoms with E-state index in [0.717, 1.165) is 4.88 Å². The molecule has 2 aromatic heterocycles. The second kappa shape index (κ2) is 3.51. The van der Waals surface area contributed by atoms with Gasteiger partial charge in [0.15, 0.2) is 0 Å². The van der Waals surface area contributed by atoms with Gasteiger partial charge in [-0.05, 0) is 19.1 Å². The largest absolute Gasteiger partial charge is 0.381 e. The number of nitrogens with zero attached hydrogens (tertiary/aromatic N) is 3. The summed E-state index contributed by atoms with van der Waals surface area (Å²) < 4.78 is 0. The van der Waals surface area contributed by atoms with Crippen LogP contribution in [0.5, 0.6) is 0 Å². The van der Waals surface area contributed by atoms with E-state index >= 15 is 0 Å². The molecule has 0 aromatic carbocycles. The van der Waals surface area contributed by atoms with Crippen LogP contribution in [0.2, 0.25) is 0 Å². The summed E-state index contributed by atoms with van der Waals surface area (Å²) in [6, 6.07) is 3.90. The average molecular weight is 209 g/mol. The molecule has 14 heavy (non-hydrogen) atoms. The van der Waals surface area contributed by atoms with E-state index in [1.165, 1.54) is 9.67 Å². The predicted molar refractivity (Wildman–Crippen MR) is 54.1 cm³/mol. The lowest BCUT2D eigenvalue weighted by molar-refractivity contribution is 0.218. The maximum atomic E-state index is 9.91. The smallest absolute Gasteiger partial charge is 0.134 e.